The van der Waals surface area contributed by atoms with Crippen LogP contribution in [0.4, 0.5) is 10.1 Å². The Labute approximate surface area is 109 Å². The second-order valence-corrected chi connectivity index (χ2v) is 5.19. The van der Waals surface area contributed by atoms with E-state index >= 15 is 0 Å². The number of anilines is 1. The van der Waals surface area contributed by atoms with Crippen molar-refractivity contribution in [1.82, 2.24) is 0 Å². The standard InChI is InChI=1S/C12H16FNO3S/c1-7(15)18-5-4-11(16)12(17)9-6-8(13)2-3-10(9)14/h2-3,6,11-12,16-17H,4-5,14H2,1H3. The van der Waals surface area contributed by atoms with E-state index in [1.54, 1.807) is 0 Å². The summed E-state index contributed by atoms with van der Waals surface area (Å²) in [6.07, 6.45) is -2.12. The Kier molecular flexibility index (Phi) is 5.58. The van der Waals surface area contributed by atoms with Crippen LogP contribution in [0.5, 0.6) is 0 Å². The number of nitrogen functional groups attached to an aromatic ring is 1. The van der Waals surface area contributed by atoms with Gasteiger partial charge in [0.1, 0.15) is 11.9 Å². The summed E-state index contributed by atoms with van der Waals surface area (Å²) >= 11 is 1.06. The zero-order valence-electron chi connectivity index (χ0n) is 9.97. The van der Waals surface area contributed by atoms with Gasteiger partial charge >= 0.3 is 0 Å². The number of benzene rings is 1. The normalized spacial score (nSPS) is 14.2. The van der Waals surface area contributed by atoms with E-state index < -0.39 is 18.0 Å². The van der Waals surface area contributed by atoms with Gasteiger partial charge in [-0.1, -0.05) is 11.8 Å². The Morgan fingerprint density at radius 3 is 2.78 bits per heavy atom. The van der Waals surface area contributed by atoms with Crippen molar-refractivity contribution in [3.63, 3.8) is 0 Å². The van der Waals surface area contributed by atoms with Crippen molar-refractivity contribution in [2.24, 2.45) is 0 Å². The van der Waals surface area contributed by atoms with E-state index in [1.165, 1.54) is 19.1 Å². The Hall–Kier alpha value is -1.11. The van der Waals surface area contributed by atoms with Crippen LogP contribution < -0.4 is 5.73 Å². The number of nitrogens with two attached hydrogens (primary N) is 1. The molecule has 1 aromatic rings. The number of aliphatic hydroxyl groups is 2. The molecule has 0 spiro atoms. The summed E-state index contributed by atoms with van der Waals surface area (Å²) < 4.78 is 13.0. The summed E-state index contributed by atoms with van der Waals surface area (Å²) in [6.45, 7) is 1.43. The molecule has 0 aliphatic rings. The Bertz CT molecular complexity index is 428. The van der Waals surface area contributed by atoms with E-state index in [1.807, 2.05) is 0 Å². The van der Waals surface area contributed by atoms with Gasteiger partial charge in [-0.2, -0.15) is 0 Å². The molecule has 18 heavy (non-hydrogen) atoms. The molecule has 1 rings (SSSR count). The van der Waals surface area contributed by atoms with Crippen LogP contribution in [0, 0.1) is 5.82 Å². The molecule has 4 N–H and O–H groups in total. The fourth-order valence-electron chi connectivity index (χ4n) is 1.49. The molecule has 2 unspecified atom stereocenters. The second-order valence-electron chi connectivity index (χ2n) is 3.91. The highest BCUT2D eigenvalue weighted by Gasteiger charge is 2.21. The van der Waals surface area contributed by atoms with Crippen molar-refractivity contribution in [2.75, 3.05) is 11.5 Å². The lowest BCUT2D eigenvalue weighted by molar-refractivity contribution is -0.109. The minimum atomic E-state index is -1.26. The Morgan fingerprint density at radius 1 is 1.50 bits per heavy atom. The van der Waals surface area contributed by atoms with E-state index in [9.17, 15) is 19.4 Å². The number of carbonyl (C=O) groups is 1. The Morgan fingerprint density at radius 2 is 2.17 bits per heavy atom. The van der Waals surface area contributed by atoms with Crippen LogP contribution in [0.25, 0.3) is 0 Å². The number of thioether (sulfide) groups is 1. The highest BCUT2D eigenvalue weighted by Crippen LogP contribution is 2.26. The van der Waals surface area contributed by atoms with E-state index in [2.05, 4.69) is 0 Å². The summed E-state index contributed by atoms with van der Waals surface area (Å²) in [5.74, 6) is -0.133. The predicted octanol–water partition coefficient (Wildman–Crippen LogP) is 1.47. The molecular weight excluding hydrogens is 257 g/mol. The highest BCUT2D eigenvalue weighted by atomic mass is 32.2. The van der Waals surface area contributed by atoms with Crippen molar-refractivity contribution in [2.45, 2.75) is 25.6 Å². The summed E-state index contributed by atoms with van der Waals surface area (Å²) in [7, 11) is 0. The molecule has 0 aromatic heterocycles. The van der Waals surface area contributed by atoms with Gasteiger partial charge in [0, 0.05) is 23.9 Å². The second kappa shape index (κ2) is 6.72. The molecule has 0 radical (unpaired) electrons. The zero-order valence-corrected chi connectivity index (χ0v) is 10.8. The molecule has 0 fully saturated rings. The first-order chi connectivity index (χ1) is 8.41. The maximum absolute atomic E-state index is 13.0. The lowest BCUT2D eigenvalue weighted by Gasteiger charge is -2.19. The molecule has 0 bridgehead atoms. The van der Waals surface area contributed by atoms with Gasteiger partial charge in [-0.3, -0.25) is 4.79 Å². The average molecular weight is 273 g/mol. The van der Waals surface area contributed by atoms with Crippen LogP contribution in [-0.4, -0.2) is 27.2 Å². The number of aliphatic hydroxyl groups excluding tert-OH is 2. The highest BCUT2D eigenvalue weighted by molar-refractivity contribution is 8.13. The predicted molar refractivity (Wildman–Crippen MR) is 69.5 cm³/mol. The molecule has 2 atom stereocenters. The molecule has 0 saturated heterocycles. The van der Waals surface area contributed by atoms with Crippen molar-refractivity contribution >= 4 is 22.6 Å². The lowest BCUT2D eigenvalue weighted by atomic mass is 10.0. The first kappa shape index (κ1) is 14.9. The van der Waals surface area contributed by atoms with E-state index in [-0.39, 0.29) is 22.8 Å². The fourth-order valence-corrected chi connectivity index (χ4v) is 2.14. The molecule has 4 nitrogen and oxygen atoms in total. The van der Waals surface area contributed by atoms with Crippen LogP contribution in [0.2, 0.25) is 0 Å². The summed E-state index contributed by atoms with van der Waals surface area (Å²) in [4.78, 5) is 10.7. The van der Waals surface area contributed by atoms with Crippen LogP contribution in [-0.2, 0) is 4.79 Å². The zero-order chi connectivity index (χ0) is 13.7. The molecule has 0 aliphatic carbocycles. The van der Waals surface area contributed by atoms with Crippen molar-refractivity contribution in [3.8, 4) is 0 Å². The quantitative estimate of drug-likeness (QED) is 0.708. The first-order valence-corrected chi connectivity index (χ1v) is 6.44. The lowest BCUT2D eigenvalue weighted by Crippen LogP contribution is -2.20. The molecule has 0 aliphatic heterocycles. The van der Waals surface area contributed by atoms with Gasteiger partial charge in [0.2, 0.25) is 0 Å². The number of halogens is 1. The molecule has 1 aromatic carbocycles. The fraction of sp³-hybridized carbons (Fsp3) is 0.417. The molecule has 100 valence electrons. The van der Waals surface area contributed by atoms with Crippen LogP contribution in [0.3, 0.4) is 0 Å². The number of carbonyl (C=O) groups excluding carboxylic acids is 1. The monoisotopic (exact) mass is 273 g/mol. The average Bonchev–Trinajstić information content (AvgIpc) is 2.30. The third-order valence-corrected chi connectivity index (χ3v) is 3.30. The van der Waals surface area contributed by atoms with Gasteiger partial charge in [-0.25, -0.2) is 4.39 Å². The van der Waals surface area contributed by atoms with Gasteiger partial charge in [0.15, 0.2) is 5.12 Å². The van der Waals surface area contributed by atoms with Crippen molar-refractivity contribution in [1.29, 1.82) is 0 Å². The Balaban J connectivity index is 2.64. The van der Waals surface area contributed by atoms with Crippen LogP contribution in [0.1, 0.15) is 25.0 Å². The molecule has 0 amide bonds. The van der Waals surface area contributed by atoms with Crippen LogP contribution in [0.15, 0.2) is 18.2 Å². The largest absolute Gasteiger partial charge is 0.398 e. The third-order valence-electron chi connectivity index (χ3n) is 2.45. The smallest absolute Gasteiger partial charge is 0.185 e. The van der Waals surface area contributed by atoms with E-state index in [0.29, 0.717) is 5.75 Å². The number of hydrogen-bond donors (Lipinski definition) is 3. The summed E-state index contributed by atoms with van der Waals surface area (Å²) in [5.41, 5.74) is 5.99. The van der Waals surface area contributed by atoms with Crippen molar-refractivity contribution < 1.29 is 19.4 Å². The molecule has 0 heterocycles. The topological polar surface area (TPSA) is 83.5 Å². The maximum Gasteiger partial charge on any atom is 0.185 e. The number of rotatable bonds is 5. The van der Waals surface area contributed by atoms with Gasteiger partial charge in [-0.05, 0) is 24.6 Å². The summed E-state index contributed by atoms with van der Waals surface area (Å²) in [5, 5.41) is 19.6. The molecular formula is C12H16FNO3S. The van der Waals surface area contributed by atoms with Gasteiger partial charge < -0.3 is 15.9 Å². The van der Waals surface area contributed by atoms with E-state index in [4.69, 9.17) is 5.73 Å². The van der Waals surface area contributed by atoms with Crippen LogP contribution >= 0.6 is 11.8 Å². The van der Waals surface area contributed by atoms with Gasteiger partial charge in [0.25, 0.3) is 0 Å². The minimum absolute atomic E-state index is 0.0537. The summed E-state index contributed by atoms with van der Waals surface area (Å²) in [6, 6.07) is 3.62. The first-order valence-electron chi connectivity index (χ1n) is 5.46. The SMILES string of the molecule is CC(=O)SCCC(O)C(O)c1cc(F)ccc1N. The van der Waals surface area contributed by atoms with Crippen molar-refractivity contribution in [3.05, 3.63) is 29.6 Å². The van der Waals surface area contributed by atoms with E-state index in [0.717, 1.165) is 17.8 Å². The molecule has 0 saturated carbocycles. The molecule has 6 heteroatoms. The third kappa shape index (κ3) is 4.29. The van der Waals surface area contributed by atoms with Gasteiger partial charge in [0.05, 0.1) is 6.10 Å². The van der Waals surface area contributed by atoms with Gasteiger partial charge in [-0.15, -0.1) is 0 Å². The minimum Gasteiger partial charge on any atom is -0.398 e. The maximum atomic E-state index is 13.0. The number of hydrogen-bond acceptors (Lipinski definition) is 5.